The second-order valence-electron chi connectivity index (χ2n) is 3.28. The third-order valence-corrected chi connectivity index (χ3v) is 2.45. The fourth-order valence-corrected chi connectivity index (χ4v) is 1.75. The van der Waals surface area contributed by atoms with Crippen molar-refractivity contribution in [3.8, 4) is 0 Å². The number of hydrogen-bond acceptors (Lipinski definition) is 2. The molecule has 14 heavy (non-hydrogen) atoms. The van der Waals surface area contributed by atoms with Crippen molar-refractivity contribution in [2.24, 2.45) is 5.73 Å². The topological polar surface area (TPSA) is 35.2 Å². The van der Waals surface area contributed by atoms with Crippen LogP contribution in [0.1, 0.15) is 17.2 Å². The summed E-state index contributed by atoms with van der Waals surface area (Å²) in [5, 5.41) is 0. The van der Waals surface area contributed by atoms with Gasteiger partial charge in [0.05, 0.1) is 12.7 Å². The number of ether oxygens (including phenoxy) is 1. The van der Waals surface area contributed by atoms with Gasteiger partial charge in [0.15, 0.2) is 11.6 Å². The highest BCUT2D eigenvalue weighted by molar-refractivity contribution is 5.33. The van der Waals surface area contributed by atoms with Gasteiger partial charge in [-0.2, -0.15) is 0 Å². The van der Waals surface area contributed by atoms with Gasteiger partial charge in [-0.15, -0.1) is 0 Å². The second kappa shape index (κ2) is 3.63. The normalized spacial score (nSPS) is 20.6. The molecule has 1 aromatic carbocycles. The molecule has 0 bridgehead atoms. The Morgan fingerprint density at radius 3 is 2.93 bits per heavy atom. The molecule has 0 saturated heterocycles. The molecule has 0 saturated carbocycles. The van der Waals surface area contributed by atoms with E-state index in [1.54, 1.807) is 6.07 Å². The van der Waals surface area contributed by atoms with E-state index in [1.807, 2.05) is 0 Å². The number of benzene rings is 1. The van der Waals surface area contributed by atoms with E-state index in [9.17, 15) is 8.78 Å². The van der Waals surface area contributed by atoms with Gasteiger partial charge in [0.2, 0.25) is 0 Å². The van der Waals surface area contributed by atoms with Crippen molar-refractivity contribution < 1.29 is 13.5 Å². The summed E-state index contributed by atoms with van der Waals surface area (Å²) in [6.45, 7) is 0.688. The van der Waals surface area contributed by atoms with Crippen molar-refractivity contribution in [2.45, 2.75) is 12.5 Å². The van der Waals surface area contributed by atoms with E-state index >= 15 is 0 Å². The lowest BCUT2D eigenvalue weighted by molar-refractivity contribution is 0.0450. The first-order valence-electron chi connectivity index (χ1n) is 4.52. The first kappa shape index (κ1) is 9.55. The third kappa shape index (κ3) is 1.40. The average molecular weight is 199 g/mol. The summed E-state index contributed by atoms with van der Waals surface area (Å²) >= 11 is 0. The molecule has 2 N–H and O–H groups in total. The van der Waals surface area contributed by atoms with Crippen LogP contribution in [0.4, 0.5) is 8.78 Å². The SMILES string of the molecule is NC[C@@H]1OCCc2ccc(F)c(F)c21. The fraction of sp³-hybridized carbons (Fsp3) is 0.400. The number of rotatable bonds is 1. The van der Waals surface area contributed by atoms with Crippen molar-refractivity contribution in [3.63, 3.8) is 0 Å². The van der Waals surface area contributed by atoms with Crippen LogP contribution in [0.15, 0.2) is 12.1 Å². The van der Waals surface area contributed by atoms with Crippen LogP contribution >= 0.6 is 0 Å². The Morgan fingerprint density at radius 1 is 1.43 bits per heavy atom. The summed E-state index contributed by atoms with van der Waals surface area (Å²) in [5.74, 6) is -1.66. The lowest BCUT2D eigenvalue weighted by Gasteiger charge is -2.25. The maximum absolute atomic E-state index is 13.4. The lowest BCUT2D eigenvalue weighted by atomic mass is 9.97. The van der Waals surface area contributed by atoms with Crippen LogP contribution in [0.5, 0.6) is 0 Å². The van der Waals surface area contributed by atoms with Gasteiger partial charge in [0.1, 0.15) is 0 Å². The van der Waals surface area contributed by atoms with Crippen LogP contribution < -0.4 is 5.73 Å². The Morgan fingerprint density at radius 2 is 2.21 bits per heavy atom. The molecule has 0 spiro atoms. The Hall–Kier alpha value is -1.00. The molecule has 0 amide bonds. The highest BCUT2D eigenvalue weighted by Crippen LogP contribution is 2.29. The average Bonchev–Trinajstić information content (AvgIpc) is 2.23. The Balaban J connectivity index is 2.53. The van der Waals surface area contributed by atoms with E-state index in [4.69, 9.17) is 10.5 Å². The summed E-state index contributed by atoms with van der Waals surface area (Å²) < 4.78 is 31.6. The molecule has 1 aromatic rings. The molecule has 0 radical (unpaired) electrons. The van der Waals surface area contributed by atoms with Gasteiger partial charge in [-0.3, -0.25) is 0 Å². The smallest absolute Gasteiger partial charge is 0.164 e. The molecular weight excluding hydrogens is 188 g/mol. The van der Waals surface area contributed by atoms with Gasteiger partial charge in [-0.1, -0.05) is 6.07 Å². The predicted molar refractivity (Wildman–Crippen MR) is 47.8 cm³/mol. The molecule has 1 aliphatic heterocycles. The van der Waals surface area contributed by atoms with Crippen LogP contribution in [-0.4, -0.2) is 13.2 Å². The van der Waals surface area contributed by atoms with E-state index in [2.05, 4.69) is 0 Å². The van der Waals surface area contributed by atoms with Crippen LogP contribution in [0.2, 0.25) is 0 Å². The third-order valence-electron chi connectivity index (χ3n) is 2.45. The van der Waals surface area contributed by atoms with Gasteiger partial charge in [0, 0.05) is 12.1 Å². The van der Waals surface area contributed by atoms with Crippen LogP contribution in [0, 0.1) is 11.6 Å². The van der Waals surface area contributed by atoms with E-state index in [-0.39, 0.29) is 6.54 Å². The molecule has 0 fully saturated rings. The van der Waals surface area contributed by atoms with E-state index in [0.29, 0.717) is 18.6 Å². The first-order valence-corrected chi connectivity index (χ1v) is 4.52. The van der Waals surface area contributed by atoms with Gasteiger partial charge < -0.3 is 10.5 Å². The van der Waals surface area contributed by atoms with Crippen molar-refractivity contribution in [2.75, 3.05) is 13.2 Å². The van der Waals surface area contributed by atoms with Crippen LogP contribution in [0.25, 0.3) is 0 Å². The van der Waals surface area contributed by atoms with Gasteiger partial charge >= 0.3 is 0 Å². The zero-order valence-corrected chi connectivity index (χ0v) is 7.59. The maximum Gasteiger partial charge on any atom is 0.164 e. The van der Waals surface area contributed by atoms with Crippen LogP contribution in [-0.2, 0) is 11.2 Å². The highest BCUT2D eigenvalue weighted by Gasteiger charge is 2.25. The molecule has 2 rings (SSSR count). The quantitative estimate of drug-likeness (QED) is 0.744. The summed E-state index contributed by atoms with van der Waals surface area (Å²) in [4.78, 5) is 0. The van der Waals surface area contributed by atoms with Crippen molar-refractivity contribution in [1.29, 1.82) is 0 Å². The molecule has 1 aliphatic rings. The monoisotopic (exact) mass is 199 g/mol. The van der Waals surface area contributed by atoms with Crippen molar-refractivity contribution >= 4 is 0 Å². The summed E-state index contributed by atoms with van der Waals surface area (Å²) in [6, 6.07) is 2.74. The summed E-state index contributed by atoms with van der Waals surface area (Å²) in [7, 11) is 0. The molecule has 76 valence electrons. The lowest BCUT2D eigenvalue weighted by Crippen LogP contribution is -2.24. The Labute approximate surface area is 80.7 Å². The second-order valence-corrected chi connectivity index (χ2v) is 3.28. The minimum absolute atomic E-state index is 0.174. The molecule has 1 atom stereocenters. The van der Waals surface area contributed by atoms with Crippen molar-refractivity contribution in [3.05, 3.63) is 34.9 Å². The molecule has 2 nitrogen and oxygen atoms in total. The van der Waals surface area contributed by atoms with Gasteiger partial charge in [-0.25, -0.2) is 8.78 Å². The molecule has 0 aromatic heterocycles. The summed E-state index contributed by atoms with van der Waals surface area (Å²) in [5.41, 5.74) is 6.51. The minimum atomic E-state index is -0.840. The zero-order valence-electron chi connectivity index (χ0n) is 7.59. The number of hydrogen-bond donors (Lipinski definition) is 1. The Kier molecular flexibility index (Phi) is 2.48. The maximum atomic E-state index is 13.4. The molecule has 0 unspecified atom stereocenters. The molecule has 4 heteroatoms. The zero-order chi connectivity index (χ0) is 10.1. The predicted octanol–water partition coefficient (Wildman–Crippen LogP) is 1.54. The van der Waals surface area contributed by atoms with Crippen molar-refractivity contribution in [1.82, 2.24) is 0 Å². The fourth-order valence-electron chi connectivity index (χ4n) is 1.75. The minimum Gasteiger partial charge on any atom is -0.372 e. The molecule has 1 heterocycles. The highest BCUT2D eigenvalue weighted by atomic mass is 19.2. The molecular formula is C10H11F2NO. The van der Waals surface area contributed by atoms with E-state index in [1.165, 1.54) is 0 Å². The number of nitrogens with two attached hydrogens (primary N) is 1. The largest absolute Gasteiger partial charge is 0.372 e. The van der Waals surface area contributed by atoms with Gasteiger partial charge in [-0.05, 0) is 18.1 Å². The number of halogens is 2. The van der Waals surface area contributed by atoms with E-state index < -0.39 is 17.7 Å². The molecule has 0 aliphatic carbocycles. The standard InChI is InChI=1S/C10H11F2NO/c11-7-2-1-6-3-4-14-8(5-13)9(6)10(7)12/h1-2,8H,3-5,13H2/t8-/m0/s1. The first-order chi connectivity index (χ1) is 6.74. The van der Waals surface area contributed by atoms with Gasteiger partial charge in [0.25, 0.3) is 0 Å². The van der Waals surface area contributed by atoms with Crippen LogP contribution in [0.3, 0.4) is 0 Å². The Bertz CT molecular complexity index is 354. The van der Waals surface area contributed by atoms with E-state index in [0.717, 1.165) is 11.6 Å². The number of fused-ring (bicyclic) bond motifs is 1. The summed E-state index contributed by atoms with van der Waals surface area (Å²) in [6.07, 6.45) is 0.109.